The molecule has 4 rings (SSSR count). The summed E-state index contributed by atoms with van der Waals surface area (Å²) in [6, 6.07) is 12.2. The molecule has 0 bridgehead atoms. The number of fused-ring (bicyclic) bond motifs is 2. The second kappa shape index (κ2) is 4.85. The maximum Gasteiger partial charge on any atom is 0.246 e. The Morgan fingerprint density at radius 1 is 1.14 bits per heavy atom. The minimum absolute atomic E-state index is 0.0264. The Hall–Kier alpha value is -2.33. The van der Waals surface area contributed by atoms with Gasteiger partial charge in [0, 0.05) is 17.7 Å². The highest BCUT2D eigenvalue weighted by Gasteiger charge is 2.30. The molecule has 0 unspecified atom stereocenters. The van der Waals surface area contributed by atoms with Gasteiger partial charge in [0.25, 0.3) is 0 Å². The molecule has 0 spiro atoms. The van der Waals surface area contributed by atoms with E-state index in [4.69, 9.17) is 11.6 Å². The van der Waals surface area contributed by atoms with E-state index in [1.807, 2.05) is 17.0 Å². The van der Waals surface area contributed by atoms with Gasteiger partial charge in [-0.05, 0) is 18.6 Å². The molecular weight excluding hydrogens is 298 g/mol. The summed E-state index contributed by atoms with van der Waals surface area (Å²) in [5, 5.41) is 3.47. The van der Waals surface area contributed by atoms with Gasteiger partial charge in [0.2, 0.25) is 11.9 Å². The van der Waals surface area contributed by atoms with Crippen molar-refractivity contribution in [3.8, 4) is 11.1 Å². The van der Waals surface area contributed by atoms with Crippen molar-refractivity contribution in [3.05, 3.63) is 52.5 Å². The Morgan fingerprint density at radius 3 is 2.68 bits per heavy atom. The van der Waals surface area contributed by atoms with Crippen LogP contribution in [-0.2, 0) is 11.3 Å². The Kier molecular flexibility index (Phi) is 2.94. The molecule has 2 aliphatic heterocycles. The lowest BCUT2D eigenvalue weighted by Gasteiger charge is -2.24. The molecule has 0 aliphatic carbocycles. The number of aliphatic imine (C=N–C) groups is 1. The zero-order chi connectivity index (χ0) is 15.3. The Balaban J connectivity index is 1.80. The van der Waals surface area contributed by atoms with Gasteiger partial charge in [0.15, 0.2) is 0 Å². The van der Waals surface area contributed by atoms with Crippen LogP contribution in [0.4, 0.5) is 5.69 Å². The van der Waals surface area contributed by atoms with Gasteiger partial charge >= 0.3 is 0 Å². The number of halogens is 1. The molecule has 2 aromatic carbocycles. The molecule has 1 saturated heterocycles. The van der Waals surface area contributed by atoms with E-state index >= 15 is 0 Å². The van der Waals surface area contributed by atoms with Crippen LogP contribution in [0.15, 0.2) is 41.4 Å². The van der Waals surface area contributed by atoms with Gasteiger partial charge in [-0.2, -0.15) is 0 Å². The second-order valence-corrected chi connectivity index (χ2v) is 6.01. The average Bonchev–Trinajstić information content (AvgIpc) is 2.86. The first-order valence-electron chi connectivity index (χ1n) is 7.14. The number of nitrogens with zero attached hydrogens (tertiary/aromatic N) is 2. The molecule has 0 saturated carbocycles. The highest BCUT2D eigenvalue weighted by molar-refractivity contribution is 6.34. The zero-order valence-electron chi connectivity index (χ0n) is 12.1. The molecule has 4 nitrogen and oxygen atoms in total. The number of aryl methyl sites for hydroxylation is 1. The first-order chi connectivity index (χ1) is 10.6. The SMILES string of the molecule is Cc1ccc(-c2ccc3c(c2Cl)CN2CC(=O)NC2=N3)cc1. The molecule has 2 aromatic rings. The van der Waals surface area contributed by atoms with E-state index in [1.54, 1.807) is 0 Å². The summed E-state index contributed by atoms with van der Waals surface area (Å²) in [5.41, 5.74) is 5.10. The lowest BCUT2D eigenvalue weighted by molar-refractivity contribution is -0.118. The lowest BCUT2D eigenvalue weighted by atomic mass is 10.00. The Labute approximate surface area is 133 Å². The number of amides is 1. The predicted molar refractivity (Wildman–Crippen MR) is 87.3 cm³/mol. The summed E-state index contributed by atoms with van der Waals surface area (Å²) >= 11 is 6.63. The lowest BCUT2D eigenvalue weighted by Crippen LogP contribution is -2.32. The van der Waals surface area contributed by atoms with Crippen LogP contribution in [-0.4, -0.2) is 23.3 Å². The number of carbonyl (C=O) groups excluding carboxylic acids is 1. The van der Waals surface area contributed by atoms with Crippen molar-refractivity contribution in [2.24, 2.45) is 4.99 Å². The summed E-state index contributed by atoms with van der Waals surface area (Å²) in [6.45, 7) is 3.00. The Morgan fingerprint density at radius 2 is 1.91 bits per heavy atom. The summed E-state index contributed by atoms with van der Waals surface area (Å²) < 4.78 is 0. The van der Waals surface area contributed by atoms with Crippen LogP contribution in [0.2, 0.25) is 5.02 Å². The fraction of sp³-hybridized carbons (Fsp3) is 0.176. The summed E-state index contributed by atoms with van der Waals surface area (Å²) in [6.07, 6.45) is 0. The van der Waals surface area contributed by atoms with Gasteiger partial charge in [0.05, 0.1) is 10.7 Å². The van der Waals surface area contributed by atoms with E-state index < -0.39 is 0 Å². The largest absolute Gasteiger partial charge is 0.329 e. The highest BCUT2D eigenvalue weighted by atomic mass is 35.5. The van der Waals surface area contributed by atoms with Crippen molar-refractivity contribution >= 4 is 29.2 Å². The fourth-order valence-electron chi connectivity index (χ4n) is 2.85. The van der Waals surface area contributed by atoms with Crippen LogP contribution in [0.5, 0.6) is 0 Å². The van der Waals surface area contributed by atoms with E-state index in [-0.39, 0.29) is 5.91 Å². The maximum absolute atomic E-state index is 11.5. The minimum atomic E-state index is -0.0264. The van der Waals surface area contributed by atoms with Crippen molar-refractivity contribution in [1.29, 1.82) is 0 Å². The van der Waals surface area contributed by atoms with Crippen molar-refractivity contribution < 1.29 is 4.79 Å². The molecule has 1 fully saturated rings. The van der Waals surface area contributed by atoms with Crippen molar-refractivity contribution in [1.82, 2.24) is 10.2 Å². The molecule has 22 heavy (non-hydrogen) atoms. The average molecular weight is 312 g/mol. The Bertz CT molecular complexity index is 811. The smallest absolute Gasteiger partial charge is 0.246 e. The van der Waals surface area contributed by atoms with Gasteiger partial charge in [-0.1, -0.05) is 47.5 Å². The first kappa shape index (κ1) is 13.3. The zero-order valence-corrected chi connectivity index (χ0v) is 12.8. The molecule has 2 aliphatic rings. The number of nitrogens with one attached hydrogen (secondary N) is 1. The van der Waals surface area contributed by atoms with Gasteiger partial charge < -0.3 is 4.90 Å². The fourth-order valence-corrected chi connectivity index (χ4v) is 3.18. The standard InChI is InChI=1S/C17H14ClN3O/c1-10-2-4-11(5-3-10)12-6-7-14-13(16(12)18)8-21-9-15(22)20-17(21)19-14/h2-7H,8-9H2,1H3,(H,19,20,22). The summed E-state index contributed by atoms with van der Waals surface area (Å²) in [7, 11) is 0. The third-order valence-electron chi connectivity index (χ3n) is 4.04. The molecule has 5 heteroatoms. The molecular formula is C17H14ClN3O. The van der Waals surface area contributed by atoms with Gasteiger partial charge in [-0.15, -0.1) is 0 Å². The third kappa shape index (κ3) is 2.07. The van der Waals surface area contributed by atoms with Gasteiger partial charge in [-0.25, -0.2) is 4.99 Å². The van der Waals surface area contributed by atoms with E-state index in [0.717, 1.165) is 22.4 Å². The number of benzene rings is 2. The molecule has 1 N–H and O–H groups in total. The molecule has 1 amide bonds. The number of carbonyl (C=O) groups is 1. The van der Waals surface area contributed by atoms with E-state index in [9.17, 15) is 4.79 Å². The van der Waals surface area contributed by atoms with Crippen molar-refractivity contribution in [2.75, 3.05) is 6.54 Å². The number of hydrogen-bond acceptors (Lipinski definition) is 3. The second-order valence-electron chi connectivity index (χ2n) is 5.63. The van der Waals surface area contributed by atoms with E-state index in [2.05, 4.69) is 41.5 Å². The minimum Gasteiger partial charge on any atom is -0.329 e. The third-order valence-corrected chi connectivity index (χ3v) is 4.47. The number of hydrogen-bond donors (Lipinski definition) is 1. The maximum atomic E-state index is 11.5. The molecule has 0 aromatic heterocycles. The first-order valence-corrected chi connectivity index (χ1v) is 7.51. The van der Waals surface area contributed by atoms with Crippen LogP contribution in [0, 0.1) is 6.92 Å². The number of rotatable bonds is 1. The predicted octanol–water partition coefficient (Wildman–Crippen LogP) is 3.25. The highest BCUT2D eigenvalue weighted by Crippen LogP contribution is 2.39. The molecule has 110 valence electrons. The molecule has 0 atom stereocenters. The van der Waals surface area contributed by atoms with Crippen LogP contribution in [0.3, 0.4) is 0 Å². The van der Waals surface area contributed by atoms with Gasteiger partial charge in [0.1, 0.15) is 6.54 Å². The topological polar surface area (TPSA) is 44.7 Å². The summed E-state index contributed by atoms with van der Waals surface area (Å²) in [5.74, 6) is 0.595. The summed E-state index contributed by atoms with van der Waals surface area (Å²) in [4.78, 5) is 17.9. The number of guanidine groups is 1. The van der Waals surface area contributed by atoms with Crippen LogP contribution >= 0.6 is 11.6 Å². The van der Waals surface area contributed by atoms with Crippen molar-refractivity contribution in [2.45, 2.75) is 13.5 Å². The molecule has 0 radical (unpaired) electrons. The van der Waals surface area contributed by atoms with Crippen LogP contribution < -0.4 is 5.32 Å². The van der Waals surface area contributed by atoms with Crippen molar-refractivity contribution in [3.63, 3.8) is 0 Å². The van der Waals surface area contributed by atoms with Gasteiger partial charge in [-0.3, -0.25) is 10.1 Å². The van der Waals surface area contributed by atoms with Crippen LogP contribution in [0.25, 0.3) is 11.1 Å². The van der Waals surface area contributed by atoms with E-state index in [0.29, 0.717) is 24.1 Å². The molecule has 2 heterocycles. The van der Waals surface area contributed by atoms with E-state index in [1.165, 1.54) is 5.56 Å². The normalized spacial score (nSPS) is 16.0. The van der Waals surface area contributed by atoms with Crippen LogP contribution in [0.1, 0.15) is 11.1 Å². The monoisotopic (exact) mass is 311 g/mol. The quantitative estimate of drug-likeness (QED) is 0.878.